The number of carbonyl (C=O) groups excluding carboxylic acids is 5. The highest BCUT2D eigenvalue weighted by Gasteiger charge is 2.52. The van der Waals surface area contributed by atoms with Crippen molar-refractivity contribution >= 4 is 29.8 Å². The first-order valence-electron chi connectivity index (χ1n) is 8.10. The maximum absolute atomic E-state index is 11.6. The number of nitrogens with two attached hydrogens (primary N) is 1. The number of esters is 4. The molecule has 1 aliphatic heterocycles. The number of ether oxygens (including phenoxy) is 5. The molecule has 0 bridgehead atoms. The number of carbonyl (C=O) groups is 5. The highest BCUT2D eigenvalue weighted by Crippen LogP contribution is 2.30. The minimum absolute atomic E-state index is 0.354. The molecule has 1 rings (SSSR count). The third-order valence-electron chi connectivity index (χ3n) is 3.49. The van der Waals surface area contributed by atoms with Crippen molar-refractivity contribution in [1.29, 1.82) is 0 Å². The van der Waals surface area contributed by atoms with Gasteiger partial charge in [0, 0.05) is 27.7 Å². The lowest BCUT2D eigenvalue weighted by Gasteiger charge is -2.44. The molecule has 1 heterocycles. The van der Waals surface area contributed by atoms with Crippen molar-refractivity contribution in [3.63, 3.8) is 0 Å². The molecule has 0 unspecified atom stereocenters. The van der Waals surface area contributed by atoms with Crippen LogP contribution in [-0.4, -0.2) is 66.9 Å². The van der Waals surface area contributed by atoms with Crippen LogP contribution in [0, 0.1) is 0 Å². The minimum atomic E-state index is -1.30. The first-order valence-corrected chi connectivity index (χ1v) is 8.10. The molecule has 27 heavy (non-hydrogen) atoms. The van der Waals surface area contributed by atoms with Crippen LogP contribution < -0.4 is 5.73 Å². The van der Waals surface area contributed by atoms with E-state index in [9.17, 15) is 24.0 Å². The zero-order chi connectivity index (χ0) is 20.7. The largest absolute Gasteiger partial charge is 0.463 e. The molecular formula is C16H23NO10. The SMILES string of the molecule is CC(=O)OC[C@H]1O[C@H](CC(N)=O)[C@@H](OC(C)=O)[C@@H](OC(C)=O)[C@@H]1OC(C)=O. The van der Waals surface area contributed by atoms with Gasteiger partial charge in [-0.15, -0.1) is 0 Å². The molecule has 1 saturated heterocycles. The second kappa shape index (κ2) is 9.86. The number of primary amides is 1. The Morgan fingerprint density at radius 2 is 1.19 bits per heavy atom. The Morgan fingerprint density at radius 3 is 1.59 bits per heavy atom. The summed E-state index contributed by atoms with van der Waals surface area (Å²) in [6.45, 7) is 4.14. The molecule has 0 aromatic heterocycles. The topological polar surface area (TPSA) is 158 Å². The van der Waals surface area contributed by atoms with Crippen molar-refractivity contribution in [3.8, 4) is 0 Å². The lowest BCUT2D eigenvalue weighted by atomic mass is 9.92. The van der Waals surface area contributed by atoms with Crippen LogP contribution in [0.25, 0.3) is 0 Å². The fourth-order valence-electron chi connectivity index (χ4n) is 2.68. The van der Waals surface area contributed by atoms with Crippen molar-refractivity contribution in [2.45, 2.75) is 64.6 Å². The standard InChI is InChI=1S/C16H23NO10/c1-7(18)23-6-12-15(25-9(3)20)16(26-10(4)21)14(24-8(2)19)11(27-12)5-13(17)22/h11-12,14-16H,5-6H2,1-4H3,(H2,17,22)/t11-,12-,14-,15-,16-/m1/s1. The first kappa shape index (κ1) is 22.4. The second-order valence-corrected chi connectivity index (χ2v) is 5.91. The number of hydrogen-bond acceptors (Lipinski definition) is 10. The highest BCUT2D eigenvalue weighted by atomic mass is 16.7. The van der Waals surface area contributed by atoms with Crippen LogP contribution in [0.5, 0.6) is 0 Å². The molecule has 1 aliphatic rings. The van der Waals surface area contributed by atoms with E-state index < -0.39 is 60.3 Å². The molecule has 152 valence electrons. The van der Waals surface area contributed by atoms with E-state index in [1.165, 1.54) is 0 Å². The van der Waals surface area contributed by atoms with Crippen molar-refractivity contribution in [1.82, 2.24) is 0 Å². The van der Waals surface area contributed by atoms with Crippen LogP contribution in [0.2, 0.25) is 0 Å². The van der Waals surface area contributed by atoms with Crippen molar-refractivity contribution < 1.29 is 47.7 Å². The Bertz CT molecular complexity index is 604. The smallest absolute Gasteiger partial charge is 0.303 e. The number of hydrogen-bond donors (Lipinski definition) is 1. The first-order chi connectivity index (χ1) is 12.5. The van der Waals surface area contributed by atoms with Gasteiger partial charge in [0.25, 0.3) is 0 Å². The molecule has 1 fully saturated rings. The van der Waals surface area contributed by atoms with Crippen LogP contribution in [0.15, 0.2) is 0 Å². The van der Waals surface area contributed by atoms with E-state index in [-0.39, 0.29) is 13.0 Å². The van der Waals surface area contributed by atoms with E-state index in [1.807, 2.05) is 0 Å². The summed E-state index contributed by atoms with van der Waals surface area (Å²) in [4.78, 5) is 57.1. The van der Waals surface area contributed by atoms with Gasteiger partial charge in [0.1, 0.15) is 18.8 Å². The molecule has 1 amide bonds. The van der Waals surface area contributed by atoms with Gasteiger partial charge >= 0.3 is 23.9 Å². The summed E-state index contributed by atoms with van der Waals surface area (Å²) in [6.07, 6.45) is -6.38. The molecule has 5 atom stereocenters. The van der Waals surface area contributed by atoms with Crippen molar-refractivity contribution in [2.75, 3.05) is 6.61 Å². The third kappa shape index (κ3) is 7.21. The zero-order valence-corrected chi connectivity index (χ0v) is 15.5. The molecule has 0 saturated carbocycles. The lowest BCUT2D eigenvalue weighted by Crippen LogP contribution is -2.62. The Balaban J connectivity index is 3.29. The summed E-state index contributed by atoms with van der Waals surface area (Å²) in [5.41, 5.74) is 5.21. The minimum Gasteiger partial charge on any atom is -0.463 e. The van der Waals surface area contributed by atoms with Gasteiger partial charge in [-0.1, -0.05) is 0 Å². The summed E-state index contributed by atoms with van der Waals surface area (Å²) < 4.78 is 26.1. The predicted molar refractivity (Wildman–Crippen MR) is 85.8 cm³/mol. The third-order valence-corrected chi connectivity index (χ3v) is 3.49. The summed E-state index contributed by atoms with van der Waals surface area (Å²) in [6, 6.07) is 0. The van der Waals surface area contributed by atoms with E-state index in [2.05, 4.69) is 0 Å². The van der Waals surface area contributed by atoms with Crippen LogP contribution in [0.3, 0.4) is 0 Å². The molecule has 0 aromatic carbocycles. The molecule has 11 nitrogen and oxygen atoms in total. The van der Waals surface area contributed by atoms with Crippen LogP contribution in [0.4, 0.5) is 0 Å². The van der Waals surface area contributed by atoms with Crippen LogP contribution in [0.1, 0.15) is 34.1 Å². The molecular weight excluding hydrogens is 366 g/mol. The van der Waals surface area contributed by atoms with Gasteiger partial charge in [-0.25, -0.2) is 0 Å². The van der Waals surface area contributed by atoms with Crippen molar-refractivity contribution in [3.05, 3.63) is 0 Å². The molecule has 11 heteroatoms. The van der Waals surface area contributed by atoms with Gasteiger partial charge in [-0.2, -0.15) is 0 Å². The van der Waals surface area contributed by atoms with Crippen LogP contribution >= 0.6 is 0 Å². The van der Waals surface area contributed by atoms with Gasteiger partial charge < -0.3 is 29.4 Å². The molecule has 0 aromatic rings. The predicted octanol–water partition coefficient (Wildman–Crippen LogP) is -1.01. The van der Waals surface area contributed by atoms with Crippen molar-refractivity contribution in [2.24, 2.45) is 5.73 Å². The fourth-order valence-corrected chi connectivity index (χ4v) is 2.68. The van der Waals surface area contributed by atoms with Gasteiger partial charge in [0.15, 0.2) is 18.3 Å². The maximum atomic E-state index is 11.6. The van der Waals surface area contributed by atoms with E-state index in [1.54, 1.807) is 0 Å². The average molecular weight is 389 g/mol. The summed E-state index contributed by atoms with van der Waals surface area (Å²) >= 11 is 0. The second-order valence-electron chi connectivity index (χ2n) is 5.91. The Kier molecular flexibility index (Phi) is 8.16. The molecule has 0 spiro atoms. The Morgan fingerprint density at radius 1 is 0.741 bits per heavy atom. The molecule has 0 radical (unpaired) electrons. The normalized spacial score (nSPS) is 27.2. The Hall–Kier alpha value is -2.69. The van der Waals surface area contributed by atoms with Gasteiger partial charge in [0.05, 0.1) is 6.42 Å². The number of rotatable bonds is 7. The summed E-state index contributed by atoms with van der Waals surface area (Å²) in [5, 5.41) is 0. The lowest BCUT2D eigenvalue weighted by molar-refractivity contribution is -0.252. The summed E-state index contributed by atoms with van der Waals surface area (Å²) in [7, 11) is 0. The maximum Gasteiger partial charge on any atom is 0.303 e. The van der Waals surface area contributed by atoms with E-state index in [0.29, 0.717) is 0 Å². The van der Waals surface area contributed by atoms with Gasteiger partial charge in [-0.05, 0) is 0 Å². The van der Waals surface area contributed by atoms with E-state index in [0.717, 1.165) is 27.7 Å². The Labute approximate surface area is 155 Å². The van der Waals surface area contributed by atoms with E-state index >= 15 is 0 Å². The van der Waals surface area contributed by atoms with Crippen LogP contribution in [-0.2, 0) is 47.7 Å². The summed E-state index contributed by atoms with van der Waals surface area (Å²) in [5.74, 6) is -3.62. The zero-order valence-electron chi connectivity index (χ0n) is 15.5. The average Bonchev–Trinajstić information content (AvgIpc) is 2.49. The van der Waals surface area contributed by atoms with Gasteiger partial charge in [0.2, 0.25) is 5.91 Å². The highest BCUT2D eigenvalue weighted by molar-refractivity contribution is 5.74. The van der Waals surface area contributed by atoms with E-state index in [4.69, 9.17) is 29.4 Å². The fraction of sp³-hybridized carbons (Fsp3) is 0.688. The van der Waals surface area contributed by atoms with Gasteiger partial charge in [-0.3, -0.25) is 24.0 Å². The number of amides is 1. The quantitative estimate of drug-likeness (QED) is 0.422. The monoisotopic (exact) mass is 389 g/mol. The molecule has 2 N–H and O–H groups in total. The molecule has 0 aliphatic carbocycles.